The highest BCUT2D eigenvalue weighted by molar-refractivity contribution is 7.99. The van der Waals surface area contributed by atoms with Crippen LogP contribution in [0.4, 0.5) is 5.69 Å². The maximum absolute atomic E-state index is 12.6. The van der Waals surface area contributed by atoms with Crippen LogP contribution >= 0.6 is 11.8 Å². The third-order valence-corrected chi connectivity index (χ3v) is 5.46. The number of carbonyl (C=O) groups is 1. The first-order valence-corrected chi connectivity index (χ1v) is 10.6. The van der Waals surface area contributed by atoms with Crippen LogP contribution in [0.5, 0.6) is 5.75 Å². The average Bonchev–Trinajstić information content (AvgIpc) is 3.21. The second-order valence-corrected chi connectivity index (χ2v) is 7.45. The molecule has 3 rings (SSSR count). The number of nitrogens with zero attached hydrogens (tertiary/aromatic N) is 4. The van der Waals surface area contributed by atoms with Crippen LogP contribution in [-0.2, 0) is 4.79 Å². The van der Waals surface area contributed by atoms with Crippen LogP contribution in [0.2, 0.25) is 0 Å². The molecule has 1 atom stereocenters. The van der Waals surface area contributed by atoms with Gasteiger partial charge in [0, 0.05) is 5.69 Å². The average molecular weight is 412 g/mol. The van der Waals surface area contributed by atoms with Gasteiger partial charge in [0.1, 0.15) is 11.4 Å². The number of aromatic nitrogens is 4. The van der Waals surface area contributed by atoms with Crippen LogP contribution in [0, 0.1) is 0 Å². The Labute approximate surface area is 174 Å². The van der Waals surface area contributed by atoms with Gasteiger partial charge in [-0.3, -0.25) is 4.79 Å². The van der Waals surface area contributed by atoms with Crippen molar-refractivity contribution in [1.29, 1.82) is 0 Å². The van der Waals surface area contributed by atoms with Crippen molar-refractivity contribution in [2.45, 2.75) is 38.3 Å². The molecule has 1 amide bonds. The number of ether oxygens (including phenoxy) is 1. The molecule has 1 aromatic heterocycles. The fourth-order valence-electron chi connectivity index (χ4n) is 2.91. The topological polar surface area (TPSA) is 81.9 Å². The fourth-order valence-corrected chi connectivity index (χ4v) is 3.59. The second-order valence-electron chi connectivity index (χ2n) is 6.51. The molecule has 0 unspecified atom stereocenters. The summed E-state index contributed by atoms with van der Waals surface area (Å²) < 4.78 is 7.25. The number of thioether (sulfide) groups is 1. The molecule has 152 valence electrons. The maximum atomic E-state index is 12.6. The van der Waals surface area contributed by atoms with Crippen molar-refractivity contribution in [1.82, 2.24) is 20.2 Å². The Hall–Kier alpha value is -2.87. The zero-order valence-electron chi connectivity index (χ0n) is 16.8. The lowest BCUT2D eigenvalue weighted by Gasteiger charge is -2.15. The Morgan fingerprint density at radius 1 is 1.17 bits per heavy atom. The van der Waals surface area contributed by atoms with Gasteiger partial charge in [-0.2, -0.15) is 4.68 Å². The number of carbonyl (C=O) groups excluding carboxylic acids is 1. The van der Waals surface area contributed by atoms with Crippen LogP contribution in [0.3, 0.4) is 0 Å². The molecule has 1 N–H and O–H groups in total. The number of amides is 1. The zero-order chi connectivity index (χ0) is 20.6. The molecule has 0 aliphatic heterocycles. The van der Waals surface area contributed by atoms with Gasteiger partial charge in [-0.1, -0.05) is 55.9 Å². The first-order chi connectivity index (χ1) is 14.1. The van der Waals surface area contributed by atoms with Gasteiger partial charge in [-0.25, -0.2) is 0 Å². The van der Waals surface area contributed by atoms with Crippen molar-refractivity contribution in [2.75, 3.05) is 17.7 Å². The second kappa shape index (κ2) is 10.1. The van der Waals surface area contributed by atoms with Crippen molar-refractivity contribution in [3.63, 3.8) is 0 Å². The van der Waals surface area contributed by atoms with Gasteiger partial charge >= 0.3 is 0 Å². The van der Waals surface area contributed by atoms with Gasteiger partial charge in [-0.15, -0.1) is 5.10 Å². The molecule has 0 bridgehead atoms. The summed E-state index contributed by atoms with van der Waals surface area (Å²) >= 11 is 1.28. The lowest BCUT2D eigenvalue weighted by molar-refractivity contribution is -0.113. The van der Waals surface area contributed by atoms with E-state index in [1.54, 1.807) is 4.68 Å². The van der Waals surface area contributed by atoms with Gasteiger partial charge in [0.25, 0.3) is 0 Å². The fraction of sp³-hybridized carbons (Fsp3) is 0.333. The molecule has 1 heterocycles. The van der Waals surface area contributed by atoms with E-state index in [4.69, 9.17) is 4.74 Å². The number of tetrazole rings is 1. The number of anilines is 1. The highest BCUT2D eigenvalue weighted by Gasteiger charge is 2.16. The zero-order valence-corrected chi connectivity index (χ0v) is 17.6. The summed E-state index contributed by atoms with van der Waals surface area (Å²) in [4.78, 5) is 12.6. The van der Waals surface area contributed by atoms with E-state index in [2.05, 4.69) is 40.8 Å². The normalized spacial score (nSPS) is 11.8. The molecule has 3 aromatic rings. The van der Waals surface area contributed by atoms with E-state index >= 15 is 0 Å². The molecule has 0 radical (unpaired) electrons. The van der Waals surface area contributed by atoms with Crippen molar-refractivity contribution in [2.24, 2.45) is 0 Å². The molecule has 8 heteroatoms. The predicted octanol–water partition coefficient (Wildman–Crippen LogP) is 4.31. The van der Waals surface area contributed by atoms with Crippen LogP contribution in [-0.4, -0.2) is 38.5 Å². The number of rotatable bonds is 9. The largest absolute Gasteiger partial charge is 0.492 e. The maximum Gasteiger partial charge on any atom is 0.234 e. The Morgan fingerprint density at radius 3 is 2.72 bits per heavy atom. The number of nitrogens with one attached hydrogen (secondary N) is 1. The van der Waals surface area contributed by atoms with E-state index in [1.165, 1.54) is 11.8 Å². The summed E-state index contributed by atoms with van der Waals surface area (Å²) in [6.07, 6.45) is 1.01. The number of benzene rings is 2. The van der Waals surface area contributed by atoms with E-state index in [-0.39, 0.29) is 11.7 Å². The van der Waals surface area contributed by atoms with Crippen molar-refractivity contribution in [3.05, 3.63) is 54.1 Å². The quantitative estimate of drug-likeness (QED) is 0.529. The monoisotopic (exact) mass is 411 g/mol. The third kappa shape index (κ3) is 5.14. The lowest BCUT2D eigenvalue weighted by Crippen LogP contribution is -2.16. The van der Waals surface area contributed by atoms with E-state index in [9.17, 15) is 4.79 Å². The third-order valence-electron chi connectivity index (χ3n) is 4.54. The van der Waals surface area contributed by atoms with Crippen LogP contribution in [0.1, 0.15) is 38.7 Å². The summed E-state index contributed by atoms with van der Waals surface area (Å²) in [5.74, 6) is 1.17. The molecular formula is C21H25N5O2S. The standard InChI is InChI=1S/C21H25N5O2S/c1-4-15(3)16-10-6-7-11-17(16)22-20(27)14-29-21-23-24-25-26(21)18-12-8-9-13-19(18)28-5-2/h6-13,15H,4-5,14H2,1-3H3,(H,22,27)/t15-/m0/s1. The molecule has 29 heavy (non-hydrogen) atoms. The van der Waals surface area contributed by atoms with Crippen molar-refractivity contribution in [3.8, 4) is 11.4 Å². The lowest BCUT2D eigenvalue weighted by atomic mass is 9.97. The molecule has 0 saturated heterocycles. The van der Waals surface area contributed by atoms with E-state index in [0.29, 0.717) is 23.4 Å². The SMILES string of the molecule is CCOc1ccccc1-n1nnnc1SCC(=O)Nc1ccccc1[C@@H](C)CC. The van der Waals surface area contributed by atoms with E-state index in [1.807, 2.05) is 49.4 Å². The molecule has 0 aliphatic rings. The molecule has 7 nitrogen and oxygen atoms in total. The minimum absolute atomic E-state index is 0.0987. The Bertz CT molecular complexity index is 960. The van der Waals surface area contributed by atoms with Crippen LogP contribution in [0.15, 0.2) is 53.7 Å². The molecule has 0 aliphatic carbocycles. The highest BCUT2D eigenvalue weighted by Crippen LogP contribution is 2.28. The van der Waals surface area contributed by atoms with Gasteiger partial charge in [0.05, 0.1) is 12.4 Å². The smallest absolute Gasteiger partial charge is 0.234 e. The van der Waals surface area contributed by atoms with Gasteiger partial charge in [0.15, 0.2) is 0 Å². The van der Waals surface area contributed by atoms with E-state index < -0.39 is 0 Å². The molecular weight excluding hydrogens is 386 g/mol. The Kier molecular flexibility index (Phi) is 7.24. The summed E-state index contributed by atoms with van der Waals surface area (Å²) in [6.45, 7) is 6.76. The van der Waals surface area contributed by atoms with Gasteiger partial charge in [-0.05, 0) is 53.5 Å². The van der Waals surface area contributed by atoms with E-state index in [0.717, 1.165) is 23.4 Å². The first-order valence-electron chi connectivity index (χ1n) is 9.66. The summed E-state index contributed by atoms with van der Waals surface area (Å²) in [5.41, 5.74) is 2.74. The molecule has 0 spiro atoms. The Morgan fingerprint density at radius 2 is 1.93 bits per heavy atom. The molecule has 2 aromatic carbocycles. The van der Waals surface area contributed by atoms with Crippen molar-refractivity contribution >= 4 is 23.4 Å². The van der Waals surface area contributed by atoms with Gasteiger partial charge in [0.2, 0.25) is 11.1 Å². The van der Waals surface area contributed by atoms with Crippen LogP contribution < -0.4 is 10.1 Å². The molecule has 0 fully saturated rings. The summed E-state index contributed by atoms with van der Waals surface area (Å²) in [7, 11) is 0. The predicted molar refractivity (Wildman–Crippen MR) is 115 cm³/mol. The Balaban J connectivity index is 1.70. The summed E-state index contributed by atoms with van der Waals surface area (Å²) in [6, 6.07) is 15.5. The summed E-state index contributed by atoms with van der Waals surface area (Å²) in [5, 5.41) is 15.4. The van der Waals surface area contributed by atoms with Crippen LogP contribution in [0.25, 0.3) is 5.69 Å². The minimum Gasteiger partial charge on any atom is -0.492 e. The van der Waals surface area contributed by atoms with Gasteiger partial charge < -0.3 is 10.1 Å². The number of hydrogen-bond donors (Lipinski definition) is 1. The number of hydrogen-bond acceptors (Lipinski definition) is 6. The highest BCUT2D eigenvalue weighted by atomic mass is 32.2. The van der Waals surface area contributed by atoms with Crippen molar-refractivity contribution < 1.29 is 9.53 Å². The minimum atomic E-state index is -0.0987. The first kappa shape index (κ1) is 20.9. The molecule has 0 saturated carbocycles. The number of para-hydroxylation sites is 3.